The van der Waals surface area contributed by atoms with Crippen LogP contribution in [-0.2, 0) is 4.79 Å². The number of carbonyl (C=O) groups is 1. The minimum atomic E-state index is 0.107. The number of rotatable bonds is 5. The molecule has 0 atom stereocenters. The third-order valence-electron chi connectivity index (χ3n) is 3.54. The molecule has 1 N–H and O–H groups in total. The van der Waals surface area contributed by atoms with E-state index in [1.165, 1.54) is 0 Å². The lowest BCUT2D eigenvalue weighted by atomic mass is 10.0. The summed E-state index contributed by atoms with van der Waals surface area (Å²) in [7, 11) is 0. The molecule has 4 nitrogen and oxygen atoms in total. The van der Waals surface area contributed by atoms with Crippen LogP contribution in [0.2, 0.25) is 0 Å². The number of benzene rings is 1. The van der Waals surface area contributed by atoms with Crippen molar-refractivity contribution in [1.29, 1.82) is 0 Å². The molecule has 0 aromatic heterocycles. The molecule has 19 heavy (non-hydrogen) atoms. The molecule has 2 rings (SSSR count). The second-order valence-corrected chi connectivity index (χ2v) is 5.17. The molecule has 0 unspecified atom stereocenters. The molecule has 0 aliphatic carbocycles. The van der Waals surface area contributed by atoms with Crippen LogP contribution in [0, 0.1) is 19.8 Å². The third-order valence-corrected chi connectivity index (χ3v) is 3.54. The van der Waals surface area contributed by atoms with Crippen molar-refractivity contribution in [2.75, 3.05) is 26.3 Å². The minimum Gasteiger partial charge on any atom is -0.493 e. The lowest BCUT2D eigenvalue weighted by molar-refractivity contribution is -0.138. The van der Waals surface area contributed by atoms with Crippen LogP contribution in [0.25, 0.3) is 0 Å². The average Bonchev–Trinajstić information content (AvgIpc) is 2.31. The van der Waals surface area contributed by atoms with Gasteiger partial charge in [0.15, 0.2) is 0 Å². The normalized spacial score (nSPS) is 15.2. The summed E-state index contributed by atoms with van der Waals surface area (Å²) in [6, 6.07) is 6.01. The Morgan fingerprint density at radius 3 is 2.58 bits per heavy atom. The Hall–Kier alpha value is -1.55. The lowest BCUT2D eigenvalue weighted by Crippen LogP contribution is -2.51. The number of likely N-dealkylation sites (tertiary alicyclic amines) is 1. The van der Waals surface area contributed by atoms with Crippen LogP contribution in [0.4, 0.5) is 0 Å². The first kappa shape index (κ1) is 13.9. The zero-order valence-corrected chi connectivity index (χ0v) is 11.6. The van der Waals surface area contributed by atoms with Crippen molar-refractivity contribution in [3.63, 3.8) is 0 Å². The summed E-state index contributed by atoms with van der Waals surface area (Å²) in [4.78, 5) is 13.6. The molecule has 0 spiro atoms. The Labute approximate surface area is 114 Å². The summed E-state index contributed by atoms with van der Waals surface area (Å²) >= 11 is 0. The van der Waals surface area contributed by atoms with Crippen LogP contribution in [0.15, 0.2) is 18.2 Å². The average molecular weight is 263 g/mol. The molecule has 1 saturated heterocycles. The van der Waals surface area contributed by atoms with Gasteiger partial charge in [0.2, 0.25) is 5.91 Å². The highest BCUT2D eigenvalue weighted by molar-refractivity contribution is 5.77. The van der Waals surface area contributed by atoms with E-state index in [9.17, 15) is 4.79 Å². The van der Waals surface area contributed by atoms with E-state index in [0.29, 0.717) is 26.1 Å². The fourth-order valence-corrected chi connectivity index (χ4v) is 2.31. The quantitative estimate of drug-likeness (QED) is 0.876. The maximum Gasteiger partial charge on any atom is 0.226 e. The molecule has 4 heteroatoms. The summed E-state index contributed by atoms with van der Waals surface area (Å²) in [5.41, 5.74) is 2.19. The minimum absolute atomic E-state index is 0.107. The first-order valence-corrected chi connectivity index (χ1v) is 6.69. The number of hydrogen-bond donors (Lipinski definition) is 1. The van der Waals surface area contributed by atoms with Crippen molar-refractivity contribution in [1.82, 2.24) is 4.90 Å². The zero-order chi connectivity index (χ0) is 13.8. The molecule has 1 amide bonds. The van der Waals surface area contributed by atoms with Crippen molar-refractivity contribution in [2.45, 2.75) is 20.3 Å². The Morgan fingerprint density at radius 1 is 1.37 bits per heavy atom. The second kappa shape index (κ2) is 6.06. The van der Waals surface area contributed by atoms with Crippen molar-refractivity contribution >= 4 is 5.91 Å². The van der Waals surface area contributed by atoms with E-state index < -0.39 is 0 Å². The number of aliphatic hydroxyl groups excluding tert-OH is 1. The van der Waals surface area contributed by atoms with Gasteiger partial charge in [-0.05, 0) is 25.0 Å². The van der Waals surface area contributed by atoms with Gasteiger partial charge in [-0.2, -0.15) is 0 Å². The number of aryl methyl sites for hydroxylation is 2. The van der Waals surface area contributed by atoms with Gasteiger partial charge in [0.25, 0.3) is 0 Å². The van der Waals surface area contributed by atoms with E-state index in [4.69, 9.17) is 9.84 Å². The molecule has 0 radical (unpaired) electrons. The van der Waals surface area contributed by atoms with E-state index in [1.54, 1.807) is 4.90 Å². The van der Waals surface area contributed by atoms with Crippen molar-refractivity contribution in [3.05, 3.63) is 29.3 Å². The maximum absolute atomic E-state index is 11.8. The molecule has 0 bridgehead atoms. The molecular weight excluding hydrogens is 242 g/mol. The highest BCUT2D eigenvalue weighted by atomic mass is 16.5. The first-order chi connectivity index (χ1) is 9.11. The number of aliphatic hydroxyl groups is 1. The lowest BCUT2D eigenvalue weighted by Gasteiger charge is -2.38. The number of hydrogen-bond acceptors (Lipinski definition) is 3. The first-order valence-electron chi connectivity index (χ1n) is 6.69. The molecule has 1 aliphatic rings. The predicted molar refractivity (Wildman–Crippen MR) is 73.2 cm³/mol. The van der Waals surface area contributed by atoms with Crippen LogP contribution in [0.5, 0.6) is 5.75 Å². The molecule has 0 saturated carbocycles. The van der Waals surface area contributed by atoms with Gasteiger partial charge in [0.05, 0.1) is 13.0 Å². The standard InChI is InChI=1S/C15H21NO3/c1-11-4-3-5-12(2)15(11)19-7-6-14(18)16-8-13(9-16)10-17/h3-5,13,17H,6-10H2,1-2H3. The van der Waals surface area contributed by atoms with E-state index in [-0.39, 0.29) is 18.4 Å². The Bertz CT molecular complexity index is 432. The van der Waals surface area contributed by atoms with Crippen LogP contribution < -0.4 is 4.74 Å². The highest BCUT2D eigenvalue weighted by Crippen LogP contribution is 2.22. The third kappa shape index (κ3) is 3.26. The van der Waals surface area contributed by atoms with E-state index in [2.05, 4.69) is 0 Å². The molecule has 104 valence electrons. The number of para-hydroxylation sites is 1. The van der Waals surface area contributed by atoms with Gasteiger partial charge in [-0.25, -0.2) is 0 Å². The van der Waals surface area contributed by atoms with E-state index >= 15 is 0 Å². The molecule has 1 aliphatic heterocycles. The van der Waals surface area contributed by atoms with Gasteiger partial charge in [0, 0.05) is 25.6 Å². The number of ether oxygens (including phenoxy) is 1. The second-order valence-electron chi connectivity index (χ2n) is 5.17. The molecule has 1 fully saturated rings. The summed E-state index contributed by atoms with van der Waals surface area (Å²) in [6.07, 6.45) is 0.395. The van der Waals surface area contributed by atoms with Gasteiger partial charge in [0.1, 0.15) is 5.75 Å². The molecule has 1 aromatic rings. The van der Waals surface area contributed by atoms with E-state index in [0.717, 1.165) is 16.9 Å². The van der Waals surface area contributed by atoms with Gasteiger partial charge >= 0.3 is 0 Å². The molecule has 1 heterocycles. The number of carbonyl (C=O) groups excluding carboxylic acids is 1. The van der Waals surface area contributed by atoms with Crippen LogP contribution >= 0.6 is 0 Å². The Morgan fingerprint density at radius 2 is 2.00 bits per heavy atom. The van der Waals surface area contributed by atoms with Crippen LogP contribution in [0.3, 0.4) is 0 Å². The number of amides is 1. The molecular formula is C15H21NO3. The predicted octanol–water partition coefficient (Wildman–Crippen LogP) is 1.52. The zero-order valence-electron chi connectivity index (χ0n) is 11.6. The Kier molecular flexibility index (Phi) is 4.43. The van der Waals surface area contributed by atoms with Crippen molar-refractivity contribution in [3.8, 4) is 5.75 Å². The van der Waals surface area contributed by atoms with Crippen molar-refractivity contribution < 1.29 is 14.6 Å². The van der Waals surface area contributed by atoms with Gasteiger partial charge in [-0.3, -0.25) is 4.79 Å². The summed E-state index contributed by atoms with van der Waals surface area (Å²) in [5.74, 6) is 1.26. The fourth-order valence-electron chi connectivity index (χ4n) is 2.31. The summed E-state index contributed by atoms with van der Waals surface area (Å²) in [5, 5.41) is 8.91. The van der Waals surface area contributed by atoms with Crippen LogP contribution in [-0.4, -0.2) is 42.2 Å². The van der Waals surface area contributed by atoms with Gasteiger partial charge in [-0.1, -0.05) is 18.2 Å². The summed E-state index contributed by atoms with van der Waals surface area (Å²) < 4.78 is 5.71. The van der Waals surface area contributed by atoms with Gasteiger partial charge in [-0.15, -0.1) is 0 Å². The van der Waals surface area contributed by atoms with E-state index in [1.807, 2.05) is 32.0 Å². The largest absolute Gasteiger partial charge is 0.493 e. The molecule has 1 aromatic carbocycles. The maximum atomic E-state index is 11.8. The van der Waals surface area contributed by atoms with Gasteiger partial charge < -0.3 is 14.7 Å². The smallest absolute Gasteiger partial charge is 0.226 e. The number of nitrogens with zero attached hydrogens (tertiary/aromatic N) is 1. The highest BCUT2D eigenvalue weighted by Gasteiger charge is 2.29. The monoisotopic (exact) mass is 263 g/mol. The Balaban J connectivity index is 1.76. The van der Waals surface area contributed by atoms with Crippen molar-refractivity contribution in [2.24, 2.45) is 5.92 Å². The SMILES string of the molecule is Cc1cccc(C)c1OCCC(=O)N1CC(CO)C1. The fraction of sp³-hybridized carbons (Fsp3) is 0.533. The van der Waals surface area contributed by atoms with Crippen LogP contribution in [0.1, 0.15) is 17.5 Å². The topological polar surface area (TPSA) is 49.8 Å². The summed E-state index contributed by atoms with van der Waals surface area (Å²) in [6.45, 7) is 5.95.